The molecule has 0 saturated carbocycles. The van der Waals surface area contributed by atoms with E-state index in [2.05, 4.69) is 83.0 Å². The SMILES string of the molecule is COc1nc(-c2ccnc(-c3cccc(Nc4nccc(CN(C[C@H](C)O[Si](C)(C)C(C)(C)C)C(=O)OC(C)(C)C)c4F)c3Cl)c2Cl)ccc1CN(C[C@H](C)O[Si](C)(C)C(C)(C)C)C(=O)OC(C)(C)C. The molecule has 18 heteroatoms. The molecule has 2 atom stereocenters. The van der Waals surface area contributed by atoms with Crippen LogP contribution in [0.2, 0.25) is 46.3 Å². The zero-order chi connectivity index (χ0) is 52.9. The lowest BCUT2D eigenvalue weighted by atomic mass is 10.1. The number of halogens is 3. The Kier molecular flexibility index (Phi) is 18.8. The lowest BCUT2D eigenvalue weighted by Gasteiger charge is -2.39. The lowest BCUT2D eigenvalue weighted by Crippen LogP contribution is -2.47. The molecule has 386 valence electrons. The third kappa shape index (κ3) is 15.6. The molecule has 1 aromatic carbocycles. The van der Waals surface area contributed by atoms with Gasteiger partial charge in [0.2, 0.25) is 5.88 Å². The number of benzene rings is 1. The quantitative estimate of drug-likeness (QED) is 0.101. The Balaban J connectivity index is 1.64. The predicted octanol–water partition coefficient (Wildman–Crippen LogP) is 14.7. The van der Waals surface area contributed by atoms with Gasteiger partial charge in [0.25, 0.3) is 0 Å². The third-order valence-electron chi connectivity index (χ3n) is 12.4. The van der Waals surface area contributed by atoms with Gasteiger partial charge in [0.15, 0.2) is 28.3 Å². The molecule has 0 saturated heterocycles. The third-order valence-corrected chi connectivity index (χ3v) is 22.4. The second-order valence-corrected chi connectivity index (χ2v) is 33.2. The van der Waals surface area contributed by atoms with Crippen molar-refractivity contribution < 1.29 is 37.0 Å². The van der Waals surface area contributed by atoms with Crippen LogP contribution >= 0.6 is 23.2 Å². The summed E-state index contributed by atoms with van der Waals surface area (Å²) in [5, 5.41) is 3.47. The van der Waals surface area contributed by atoms with Gasteiger partial charge in [-0.25, -0.2) is 23.9 Å². The van der Waals surface area contributed by atoms with Crippen LogP contribution in [0, 0.1) is 5.82 Å². The lowest BCUT2D eigenvalue weighted by molar-refractivity contribution is 0.0143. The smallest absolute Gasteiger partial charge is 0.410 e. The zero-order valence-electron chi connectivity index (χ0n) is 44.9. The van der Waals surface area contributed by atoms with Gasteiger partial charge in [-0.15, -0.1) is 0 Å². The van der Waals surface area contributed by atoms with Crippen LogP contribution in [0.1, 0.15) is 108 Å². The number of anilines is 2. The van der Waals surface area contributed by atoms with Crippen molar-refractivity contribution in [1.29, 1.82) is 0 Å². The van der Waals surface area contributed by atoms with Gasteiger partial charge in [-0.1, -0.05) is 76.9 Å². The summed E-state index contributed by atoms with van der Waals surface area (Å²) in [7, 11) is -2.81. The van der Waals surface area contributed by atoms with Crippen molar-refractivity contribution in [2.24, 2.45) is 0 Å². The number of methoxy groups -OCH3 is 1. The second-order valence-electron chi connectivity index (χ2n) is 22.9. The summed E-state index contributed by atoms with van der Waals surface area (Å²) in [5.41, 5.74) is 1.57. The average molecular weight is 1040 g/mol. The molecular formula is C52H77Cl2FN6O7Si2. The molecule has 2 amide bonds. The summed E-state index contributed by atoms with van der Waals surface area (Å²) in [6.07, 6.45) is 1.38. The van der Waals surface area contributed by atoms with Crippen molar-refractivity contribution in [3.05, 3.63) is 81.8 Å². The molecule has 0 radical (unpaired) electrons. The summed E-state index contributed by atoms with van der Waals surface area (Å²) in [6.45, 7) is 36.9. The number of amides is 2. The van der Waals surface area contributed by atoms with E-state index in [1.54, 1.807) is 62.2 Å². The second kappa shape index (κ2) is 22.6. The standard InChI is InChI=1S/C52H77Cl2FN6O7Si2/c1-33(67-69(16,17)51(9,10)11)29-60(47(62)65-49(3,4)5)31-35-25-27-57-45(43(35)55)58-40-22-20-21-38(41(40)53)44-42(54)37(26-28-56-44)39-24-23-36(46(59-39)64-15)32-61(48(63)66-50(6,7)8)30-34(2)68-70(18,19)52(12,13)14/h20-28,33-34H,29-32H2,1-19H3,(H,57,58)/t33-,34-/m0/s1. The number of rotatable bonds is 17. The monoisotopic (exact) mass is 1040 g/mol. The van der Waals surface area contributed by atoms with E-state index in [0.717, 1.165) is 0 Å². The Morgan fingerprint density at radius 1 is 0.686 bits per heavy atom. The topological polar surface area (TPSA) is 137 Å². The fourth-order valence-corrected chi connectivity index (χ4v) is 10.3. The van der Waals surface area contributed by atoms with E-state index >= 15 is 4.39 Å². The van der Waals surface area contributed by atoms with Gasteiger partial charge in [0, 0.05) is 47.7 Å². The van der Waals surface area contributed by atoms with Gasteiger partial charge >= 0.3 is 12.2 Å². The van der Waals surface area contributed by atoms with Gasteiger partial charge in [-0.3, -0.25) is 4.98 Å². The first-order valence-electron chi connectivity index (χ1n) is 23.7. The van der Waals surface area contributed by atoms with Gasteiger partial charge in [0.05, 0.1) is 59.5 Å². The Morgan fingerprint density at radius 3 is 1.67 bits per heavy atom. The first kappa shape index (κ1) is 58.2. The van der Waals surface area contributed by atoms with Crippen LogP contribution in [0.15, 0.2) is 54.9 Å². The highest BCUT2D eigenvalue weighted by Gasteiger charge is 2.40. The van der Waals surface area contributed by atoms with Crippen LogP contribution in [-0.4, -0.2) is 97.2 Å². The maximum absolute atomic E-state index is 16.5. The largest absolute Gasteiger partial charge is 0.481 e. The van der Waals surface area contributed by atoms with Crippen molar-refractivity contribution in [2.45, 2.75) is 170 Å². The highest BCUT2D eigenvalue weighted by atomic mass is 35.5. The van der Waals surface area contributed by atoms with Crippen LogP contribution in [0.4, 0.5) is 25.5 Å². The van der Waals surface area contributed by atoms with E-state index in [1.165, 1.54) is 24.3 Å². The van der Waals surface area contributed by atoms with Crippen LogP contribution in [-0.2, 0) is 31.4 Å². The molecule has 4 aromatic rings. The molecule has 3 aromatic heterocycles. The summed E-state index contributed by atoms with van der Waals surface area (Å²) in [4.78, 5) is 44.1. The predicted molar refractivity (Wildman–Crippen MR) is 286 cm³/mol. The number of carbonyl (C=O) groups excluding carboxylic acids is 2. The molecule has 3 heterocycles. The normalized spacial score (nSPS) is 13.6. The summed E-state index contributed by atoms with van der Waals surface area (Å²) >= 11 is 14.2. The van der Waals surface area contributed by atoms with E-state index in [4.69, 9.17) is 51.2 Å². The molecule has 13 nitrogen and oxygen atoms in total. The number of ether oxygens (including phenoxy) is 3. The summed E-state index contributed by atoms with van der Waals surface area (Å²) in [6, 6.07) is 12.1. The number of pyridine rings is 3. The van der Waals surface area contributed by atoms with Crippen LogP contribution in [0.25, 0.3) is 22.5 Å². The number of nitrogens with one attached hydrogen (secondary N) is 1. The van der Waals surface area contributed by atoms with E-state index in [1.807, 2.05) is 40.7 Å². The maximum Gasteiger partial charge on any atom is 0.410 e. The average Bonchev–Trinajstić information content (AvgIpc) is 3.20. The van der Waals surface area contributed by atoms with E-state index in [-0.39, 0.29) is 69.9 Å². The van der Waals surface area contributed by atoms with Crippen LogP contribution < -0.4 is 10.1 Å². The summed E-state index contributed by atoms with van der Waals surface area (Å²) in [5.74, 6) is -0.471. The highest BCUT2D eigenvalue weighted by molar-refractivity contribution is 6.74. The molecule has 0 aliphatic heterocycles. The summed E-state index contributed by atoms with van der Waals surface area (Å²) < 4.78 is 47.1. The number of nitrogens with zero attached hydrogens (tertiary/aromatic N) is 5. The minimum absolute atomic E-state index is 0.0136. The zero-order valence-corrected chi connectivity index (χ0v) is 48.4. The van der Waals surface area contributed by atoms with Crippen molar-refractivity contribution in [3.8, 4) is 28.4 Å². The molecule has 0 fully saturated rings. The van der Waals surface area contributed by atoms with Crippen LogP contribution in [0.5, 0.6) is 5.88 Å². The molecular weight excluding hydrogens is 967 g/mol. The molecule has 0 spiro atoms. The molecule has 4 rings (SSSR count). The van der Waals surface area contributed by atoms with Gasteiger partial charge < -0.3 is 38.2 Å². The van der Waals surface area contributed by atoms with Gasteiger partial charge in [-0.2, -0.15) is 0 Å². The van der Waals surface area contributed by atoms with Crippen molar-refractivity contribution in [1.82, 2.24) is 24.8 Å². The molecule has 0 aliphatic rings. The Labute approximate surface area is 428 Å². The Morgan fingerprint density at radius 2 is 1.19 bits per heavy atom. The number of carbonyl (C=O) groups is 2. The van der Waals surface area contributed by atoms with Crippen molar-refractivity contribution in [3.63, 3.8) is 0 Å². The number of hydrogen-bond acceptors (Lipinski definition) is 11. The Hall–Kier alpha value is -4.33. The molecule has 1 N–H and O–H groups in total. The van der Waals surface area contributed by atoms with Crippen LogP contribution in [0.3, 0.4) is 0 Å². The van der Waals surface area contributed by atoms with E-state index < -0.39 is 45.8 Å². The molecule has 0 bridgehead atoms. The Bertz CT molecular complexity index is 2470. The number of aromatic nitrogens is 3. The van der Waals surface area contributed by atoms with Gasteiger partial charge in [-0.05, 0) is 122 Å². The first-order valence-corrected chi connectivity index (χ1v) is 30.3. The fourth-order valence-electron chi connectivity index (χ4n) is 6.90. The fraction of sp³-hybridized carbons (Fsp3) is 0.558. The van der Waals surface area contributed by atoms with E-state index in [9.17, 15) is 9.59 Å². The van der Waals surface area contributed by atoms with Gasteiger partial charge in [0.1, 0.15) is 11.2 Å². The molecule has 0 unspecified atom stereocenters. The minimum Gasteiger partial charge on any atom is -0.481 e. The van der Waals surface area contributed by atoms with E-state index in [0.29, 0.717) is 39.6 Å². The molecule has 70 heavy (non-hydrogen) atoms. The van der Waals surface area contributed by atoms with Crippen molar-refractivity contribution in [2.75, 3.05) is 25.5 Å². The highest BCUT2D eigenvalue weighted by Crippen LogP contribution is 2.42. The maximum atomic E-state index is 16.5. The number of hydrogen-bond donors (Lipinski definition) is 1. The van der Waals surface area contributed by atoms with Crippen molar-refractivity contribution >= 4 is 63.5 Å². The minimum atomic E-state index is -2.19. The first-order chi connectivity index (χ1) is 32.0. The molecule has 0 aliphatic carbocycles.